The van der Waals surface area contributed by atoms with Crippen molar-refractivity contribution in [3.8, 4) is 0 Å². The van der Waals surface area contributed by atoms with Crippen molar-refractivity contribution in [3.63, 3.8) is 0 Å². The lowest BCUT2D eigenvalue weighted by atomic mass is 10.0. The highest BCUT2D eigenvalue weighted by Gasteiger charge is 2.15. The molecule has 0 saturated heterocycles. The molecule has 2 aromatic rings. The minimum atomic E-state index is -0.159. The molecular formula is C14H14Br2FNS. The van der Waals surface area contributed by atoms with Crippen molar-refractivity contribution in [1.29, 1.82) is 0 Å². The number of halogens is 3. The van der Waals surface area contributed by atoms with Gasteiger partial charge in [-0.2, -0.15) is 0 Å². The molecule has 0 bridgehead atoms. The molecule has 1 unspecified atom stereocenters. The molecule has 1 aromatic carbocycles. The van der Waals surface area contributed by atoms with Gasteiger partial charge >= 0.3 is 0 Å². The van der Waals surface area contributed by atoms with E-state index in [0.717, 1.165) is 20.4 Å². The maximum atomic E-state index is 13.9. The molecule has 1 heterocycles. The molecule has 102 valence electrons. The molecule has 2 rings (SSSR count). The third kappa shape index (κ3) is 4.12. The Balaban J connectivity index is 2.21. The van der Waals surface area contributed by atoms with E-state index < -0.39 is 0 Å². The zero-order valence-electron chi connectivity index (χ0n) is 10.4. The van der Waals surface area contributed by atoms with Crippen molar-refractivity contribution in [1.82, 2.24) is 5.32 Å². The van der Waals surface area contributed by atoms with Gasteiger partial charge in [-0.1, -0.05) is 28.9 Å². The van der Waals surface area contributed by atoms with Gasteiger partial charge in [0.15, 0.2) is 0 Å². The fourth-order valence-electron chi connectivity index (χ4n) is 1.94. The largest absolute Gasteiger partial charge is 0.309 e. The second-order valence-corrected chi connectivity index (χ2v) is 7.60. The SMILES string of the molecule is CCNC(Cc1ccc(Br)cc1F)c1ccc(Br)s1. The van der Waals surface area contributed by atoms with Crippen LogP contribution in [0.2, 0.25) is 0 Å². The summed E-state index contributed by atoms with van der Waals surface area (Å²) < 4.78 is 15.8. The predicted molar refractivity (Wildman–Crippen MR) is 86.2 cm³/mol. The molecule has 0 saturated carbocycles. The van der Waals surface area contributed by atoms with E-state index in [1.807, 2.05) is 18.2 Å². The summed E-state index contributed by atoms with van der Waals surface area (Å²) in [4.78, 5) is 1.22. The van der Waals surface area contributed by atoms with Gasteiger partial charge in [0, 0.05) is 15.4 Å². The summed E-state index contributed by atoms with van der Waals surface area (Å²) in [7, 11) is 0. The van der Waals surface area contributed by atoms with Gasteiger partial charge in [0.05, 0.1) is 3.79 Å². The van der Waals surface area contributed by atoms with Gasteiger partial charge in [-0.15, -0.1) is 11.3 Å². The zero-order valence-corrected chi connectivity index (χ0v) is 14.4. The number of hydrogen-bond acceptors (Lipinski definition) is 2. The highest BCUT2D eigenvalue weighted by Crippen LogP contribution is 2.30. The quantitative estimate of drug-likeness (QED) is 0.709. The van der Waals surface area contributed by atoms with Gasteiger partial charge in [0.25, 0.3) is 0 Å². The average molecular weight is 407 g/mol. The molecule has 0 spiro atoms. The van der Waals surface area contributed by atoms with Crippen LogP contribution in [0, 0.1) is 5.82 Å². The molecule has 0 amide bonds. The highest BCUT2D eigenvalue weighted by atomic mass is 79.9. The number of hydrogen-bond donors (Lipinski definition) is 1. The Morgan fingerprint density at radius 3 is 2.63 bits per heavy atom. The van der Waals surface area contributed by atoms with Gasteiger partial charge in [0.1, 0.15) is 5.82 Å². The molecule has 1 N–H and O–H groups in total. The minimum Gasteiger partial charge on any atom is -0.309 e. The van der Waals surface area contributed by atoms with Crippen molar-refractivity contribution < 1.29 is 4.39 Å². The molecule has 19 heavy (non-hydrogen) atoms. The zero-order chi connectivity index (χ0) is 13.8. The van der Waals surface area contributed by atoms with Crippen molar-refractivity contribution in [2.45, 2.75) is 19.4 Å². The van der Waals surface area contributed by atoms with E-state index in [0.29, 0.717) is 6.42 Å². The lowest BCUT2D eigenvalue weighted by molar-refractivity contribution is 0.534. The van der Waals surface area contributed by atoms with Crippen molar-refractivity contribution >= 4 is 43.2 Å². The number of benzene rings is 1. The van der Waals surface area contributed by atoms with E-state index in [2.05, 4.69) is 50.2 Å². The monoisotopic (exact) mass is 405 g/mol. The first-order chi connectivity index (χ1) is 9.10. The summed E-state index contributed by atoms with van der Waals surface area (Å²) in [6, 6.07) is 9.50. The normalized spacial score (nSPS) is 12.6. The third-order valence-corrected chi connectivity index (χ3v) is 5.06. The van der Waals surface area contributed by atoms with E-state index >= 15 is 0 Å². The van der Waals surface area contributed by atoms with Gasteiger partial charge in [-0.05, 0) is 58.7 Å². The molecule has 5 heteroatoms. The summed E-state index contributed by atoms with van der Waals surface area (Å²) in [5.41, 5.74) is 0.735. The second kappa shape index (κ2) is 6.97. The molecule has 0 aliphatic carbocycles. The van der Waals surface area contributed by atoms with Crippen LogP contribution in [-0.2, 0) is 6.42 Å². The molecule has 1 atom stereocenters. The molecular weight excluding hydrogens is 393 g/mol. The maximum Gasteiger partial charge on any atom is 0.127 e. The molecule has 0 aliphatic heterocycles. The van der Waals surface area contributed by atoms with Crippen molar-refractivity contribution in [3.05, 3.63) is 54.8 Å². The summed E-state index contributed by atoms with van der Waals surface area (Å²) in [5, 5.41) is 3.41. The fourth-order valence-corrected chi connectivity index (χ4v) is 3.77. The average Bonchev–Trinajstić information content (AvgIpc) is 2.78. The number of thiophene rings is 1. The first kappa shape index (κ1) is 15.2. The molecule has 0 radical (unpaired) electrons. The van der Waals surface area contributed by atoms with E-state index in [-0.39, 0.29) is 11.9 Å². The van der Waals surface area contributed by atoms with Gasteiger partial charge < -0.3 is 5.32 Å². The predicted octanol–water partition coefficient (Wildman–Crippen LogP) is 5.31. The van der Waals surface area contributed by atoms with Crippen LogP contribution >= 0.6 is 43.2 Å². The molecule has 1 aromatic heterocycles. The third-order valence-electron chi connectivity index (χ3n) is 2.83. The van der Waals surface area contributed by atoms with Crippen LogP contribution in [0.1, 0.15) is 23.4 Å². The van der Waals surface area contributed by atoms with Crippen LogP contribution in [0.3, 0.4) is 0 Å². The number of rotatable bonds is 5. The number of nitrogens with one attached hydrogen (secondary N) is 1. The van der Waals surface area contributed by atoms with Crippen LogP contribution in [-0.4, -0.2) is 6.54 Å². The second-order valence-electron chi connectivity index (χ2n) is 4.19. The lowest BCUT2D eigenvalue weighted by Gasteiger charge is -2.17. The molecule has 1 nitrogen and oxygen atoms in total. The standard InChI is InChI=1S/C14H14Br2FNS/c1-2-18-12(13-5-6-14(16)19-13)7-9-3-4-10(15)8-11(9)17/h3-6,8,12,18H,2,7H2,1H3. The summed E-state index contributed by atoms with van der Waals surface area (Å²) in [6.07, 6.45) is 0.653. The first-order valence-corrected chi connectivity index (χ1v) is 8.43. The van der Waals surface area contributed by atoms with Gasteiger partial charge in [-0.25, -0.2) is 4.39 Å². The first-order valence-electron chi connectivity index (χ1n) is 6.02. The Morgan fingerprint density at radius 2 is 2.05 bits per heavy atom. The van der Waals surface area contributed by atoms with Gasteiger partial charge in [0.2, 0.25) is 0 Å². The Labute approximate surface area is 133 Å². The van der Waals surface area contributed by atoms with Crippen molar-refractivity contribution in [2.75, 3.05) is 6.54 Å². The lowest BCUT2D eigenvalue weighted by Crippen LogP contribution is -2.22. The van der Waals surface area contributed by atoms with Crippen molar-refractivity contribution in [2.24, 2.45) is 0 Å². The van der Waals surface area contributed by atoms with E-state index in [9.17, 15) is 4.39 Å². The van der Waals surface area contributed by atoms with E-state index in [4.69, 9.17) is 0 Å². The van der Waals surface area contributed by atoms with Crippen LogP contribution < -0.4 is 5.32 Å². The molecule has 0 fully saturated rings. The Hall–Kier alpha value is -0.230. The fraction of sp³-hybridized carbons (Fsp3) is 0.286. The highest BCUT2D eigenvalue weighted by molar-refractivity contribution is 9.11. The minimum absolute atomic E-state index is 0.150. The number of likely N-dealkylation sites (N-methyl/N-ethyl adjacent to an activating group) is 1. The summed E-state index contributed by atoms with van der Waals surface area (Å²) in [6.45, 7) is 2.92. The van der Waals surface area contributed by atoms with Crippen LogP contribution in [0.5, 0.6) is 0 Å². The Morgan fingerprint density at radius 1 is 1.26 bits per heavy atom. The maximum absolute atomic E-state index is 13.9. The Kier molecular flexibility index (Phi) is 5.57. The van der Waals surface area contributed by atoms with E-state index in [1.54, 1.807) is 11.3 Å². The van der Waals surface area contributed by atoms with Gasteiger partial charge in [-0.3, -0.25) is 0 Å². The molecule has 0 aliphatic rings. The van der Waals surface area contributed by atoms with Crippen LogP contribution in [0.25, 0.3) is 0 Å². The topological polar surface area (TPSA) is 12.0 Å². The van der Waals surface area contributed by atoms with E-state index in [1.165, 1.54) is 10.9 Å². The summed E-state index contributed by atoms with van der Waals surface area (Å²) in [5.74, 6) is -0.159. The summed E-state index contributed by atoms with van der Waals surface area (Å²) >= 11 is 8.44. The smallest absolute Gasteiger partial charge is 0.127 e. The van der Waals surface area contributed by atoms with Crippen LogP contribution in [0.4, 0.5) is 4.39 Å². The Bertz CT molecular complexity index is 556. The van der Waals surface area contributed by atoms with Crippen LogP contribution in [0.15, 0.2) is 38.6 Å².